The molecule has 0 atom stereocenters. The molecule has 0 aliphatic heterocycles. The quantitative estimate of drug-likeness (QED) is 0.568. The van der Waals surface area contributed by atoms with Gasteiger partial charge < -0.3 is 4.74 Å². The van der Waals surface area contributed by atoms with Crippen LogP contribution in [0, 0.1) is 12.7 Å². The lowest BCUT2D eigenvalue weighted by Gasteiger charge is -2.08. The number of Topliss-reactive ketones (excluding diaryl/α,β-unsaturated/α-hetero) is 1. The van der Waals surface area contributed by atoms with Crippen LogP contribution in [-0.2, 0) is 13.0 Å². The Kier molecular flexibility index (Phi) is 5.74. The van der Waals surface area contributed by atoms with Gasteiger partial charge in [0.1, 0.15) is 23.9 Å². The van der Waals surface area contributed by atoms with Crippen molar-refractivity contribution >= 4 is 5.78 Å². The fourth-order valence-electron chi connectivity index (χ4n) is 2.61. The smallest absolute Gasteiger partial charge is 0.181 e. The maximum absolute atomic E-state index is 13.6. The number of halogens is 1. The molecule has 2 aromatic carbocycles. The summed E-state index contributed by atoms with van der Waals surface area (Å²) in [6.07, 6.45) is 1.05. The van der Waals surface area contributed by atoms with Crippen molar-refractivity contribution < 1.29 is 13.9 Å². The standard InChI is InChI=1S/C22H20FNO2/c1-16-5-4-8-21(24-16)22(25)14-11-17-9-12-19(13-10-17)26-15-18-6-2-3-7-20(18)23/h2-10,12-13H,11,14-15H2,1H3. The predicted molar refractivity (Wildman–Crippen MR) is 98.8 cm³/mol. The Labute approximate surface area is 152 Å². The van der Waals surface area contributed by atoms with Crippen molar-refractivity contribution in [3.8, 4) is 5.75 Å². The minimum absolute atomic E-state index is 0.0357. The van der Waals surface area contributed by atoms with Gasteiger partial charge in [0.15, 0.2) is 5.78 Å². The van der Waals surface area contributed by atoms with Crippen molar-refractivity contribution in [2.45, 2.75) is 26.4 Å². The van der Waals surface area contributed by atoms with Gasteiger partial charge in [-0.25, -0.2) is 4.39 Å². The number of hydrogen-bond acceptors (Lipinski definition) is 3. The molecule has 0 unspecified atom stereocenters. The van der Waals surface area contributed by atoms with Crippen molar-refractivity contribution in [2.75, 3.05) is 0 Å². The van der Waals surface area contributed by atoms with Crippen LogP contribution in [0.2, 0.25) is 0 Å². The van der Waals surface area contributed by atoms with Crippen LogP contribution in [0.25, 0.3) is 0 Å². The maximum Gasteiger partial charge on any atom is 0.181 e. The summed E-state index contributed by atoms with van der Waals surface area (Å²) >= 11 is 0. The van der Waals surface area contributed by atoms with Crippen LogP contribution < -0.4 is 4.74 Å². The lowest BCUT2D eigenvalue weighted by Crippen LogP contribution is -2.04. The van der Waals surface area contributed by atoms with E-state index in [9.17, 15) is 9.18 Å². The zero-order valence-electron chi connectivity index (χ0n) is 14.6. The van der Waals surface area contributed by atoms with Gasteiger partial charge in [-0.05, 0) is 49.2 Å². The molecular formula is C22H20FNO2. The van der Waals surface area contributed by atoms with E-state index in [-0.39, 0.29) is 18.2 Å². The maximum atomic E-state index is 13.6. The number of aromatic nitrogens is 1. The Morgan fingerprint density at radius 2 is 1.77 bits per heavy atom. The van der Waals surface area contributed by atoms with E-state index < -0.39 is 0 Å². The number of pyridine rings is 1. The average Bonchev–Trinajstić information content (AvgIpc) is 2.66. The third-order valence-electron chi connectivity index (χ3n) is 4.09. The second-order valence-electron chi connectivity index (χ2n) is 6.11. The van der Waals surface area contributed by atoms with E-state index >= 15 is 0 Å². The second-order valence-corrected chi connectivity index (χ2v) is 6.11. The number of carbonyl (C=O) groups excluding carboxylic acids is 1. The topological polar surface area (TPSA) is 39.2 Å². The highest BCUT2D eigenvalue weighted by molar-refractivity contribution is 5.94. The van der Waals surface area contributed by atoms with E-state index in [1.165, 1.54) is 6.07 Å². The highest BCUT2D eigenvalue weighted by Gasteiger charge is 2.08. The minimum atomic E-state index is -0.271. The monoisotopic (exact) mass is 349 g/mol. The van der Waals surface area contributed by atoms with Crippen LogP contribution in [0.4, 0.5) is 4.39 Å². The highest BCUT2D eigenvalue weighted by atomic mass is 19.1. The SMILES string of the molecule is Cc1cccc(C(=O)CCc2ccc(OCc3ccccc3F)cc2)n1. The third kappa shape index (κ3) is 4.76. The zero-order chi connectivity index (χ0) is 18.4. The number of hydrogen-bond donors (Lipinski definition) is 0. The normalized spacial score (nSPS) is 10.5. The first kappa shape index (κ1) is 17.8. The first-order valence-corrected chi connectivity index (χ1v) is 8.54. The Morgan fingerprint density at radius 1 is 1.00 bits per heavy atom. The van der Waals surface area contributed by atoms with Gasteiger partial charge in [0.25, 0.3) is 0 Å². The molecule has 0 spiro atoms. The summed E-state index contributed by atoms with van der Waals surface area (Å²) in [4.78, 5) is 16.5. The largest absolute Gasteiger partial charge is 0.489 e. The number of aryl methyl sites for hydroxylation is 2. The fourth-order valence-corrected chi connectivity index (χ4v) is 2.61. The number of ketones is 1. The molecule has 0 saturated carbocycles. The Hall–Kier alpha value is -3.01. The first-order chi connectivity index (χ1) is 12.6. The van der Waals surface area contributed by atoms with Gasteiger partial charge in [0.05, 0.1) is 0 Å². The molecule has 1 heterocycles. The molecule has 26 heavy (non-hydrogen) atoms. The third-order valence-corrected chi connectivity index (χ3v) is 4.09. The summed E-state index contributed by atoms with van der Waals surface area (Å²) in [6, 6.07) is 19.5. The Balaban J connectivity index is 1.53. The molecule has 3 aromatic rings. The van der Waals surface area contributed by atoms with E-state index in [0.717, 1.165) is 11.3 Å². The van der Waals surface area contributed by atoms with Crippen LogP contribution in [0.3, 0.4) is 0 Å². The molecule has 3 nitrogen and oxygen atoms in total. The lowest BCUT2D eigenvalue weighted by molar-refractivity contribution is 0.0978. The predicted octanol–water partition coefficient (Wildman–Crippen LogP) is 4.92. The summed E-state index contributed by atoms with van der Waals surface area (Å²) in [5, 5.41) is 0. The summed E-state index contributed by atoms with van der Waals surface area (Å²) in [5.74, 6) is 0.435. The van der Waals surface area contributed by atoms with Crippen LogP contribution in [-0.4, -0.2) is 10.8 Å². The minimum Gasteiger partial charge on any atom is -0.489 e. The fraction of sp³-hybridized carbons (Fsp3) is 0.182. The van der Waals surface area contributed by atoms with E-state index in [1.54, 1.807) is 24.3 Å². The van der Waals surface area contributed by atoms with E-state index in [0.29, 0.717) is 29.8 Å². The molecule has 0 saturated heterocycles. The van der Waals surface area contributed by atoms with Gasteiger partial charge in [0, 0.05) is 17.7 Å². The van der Waals surface area contributed by atoms with Crippen LogP contribution >= 0.6 is 0 Å². The molecule has 3 rings (SSSR count). The van der Waals surface area contributed by atoms with Crippen molar-refractivity contribution in [1.29, 1.82) is 0 Å². The van der Waals surface area contributed by atoms with E-state index in [2.05, 4.69) is 4.98 Å². The van der Waals surface area contributed by atoms with Gasteiger partial charge >= 0.3 is 0 Å². The van der Waals surface area contributed by atoms with E-state index in [1.807, 2.05) is 43.3 Å². The molecule has 0 radical (unpaired) electrons. The summed E-state index contributed by atoms with van der Waals surface area (Å²) in [5.41, 5.74) is 2.92. The van der Waals surface area contributed by atoms with Crippen LogP contribution in [0.5, 0.6) is 5.75 Å². The van der Waals surface area contributed by atoms with Crippen molar-refractivity contribution in [3.05, 3.63) is 95.1 Å². The Bertz CT molecular complexity index is 891. The summed E-state index contributed by atoms with van der Waals surface area (Å²) in [7, 11) is 0. The molecule has 0 bridgehead atoms. The Morgan fingerprint density at radius 3 is 2.50 bits per heavy atom. The molecule has 0 N–H and O–H groups in total. The number of benzene rings is 2. The second kappa shape index (κ2) is 8.39. The molecule has 0 aliphatic carbocycles. The van der Waals surface area contributed by atoms with Gasteiger partial charge in [-0.3, -0.25) is 9.78 Å². The number of carbonyl (C=O) groups is 1. The number of nitrogens with zero attached hydrogens (tertiary/aromatic N) is 1. The zero-order valence-corrected chi connectivity index (χ0v) is 14.6. The molecule has 1 aromatic heterocycles. The van der Waals surface area contributed by atoms with Gasteiger partial charge in [-0.1, -0.05) is 36.4 Å². The number of ether oxygens (including phenoxy) is 1. The van der Waals surface area contributed by atoms with Crippen LogP contribution in [0.1, 0.15) is 33.7 Å². The number of rotatable bonds is 7. The molecule has 132 valence electrons. The summed E-state index contributed by atoms with van der Waals surface area (Å²) in [6.45, 7) is 2.06. The van der Waals surface area contributed by atoms with Crippen molar-refractivity contribution in [3.63, 3.8) is 0 Å². The van der Waals surface area contributed by atoms with E-state index in [4.69, 9.17) is 4.74 Å². The van der Waals surface area contributed by atoms with Gasteiger partial charge in [0.2, 0.25) is 0 Å². The van der Waals surface area contributed by atoms with Gasteiger partial charge in [-0.2, -0.15) is 0 Å². The molecular weight excluding hydrogens is 329 g/mol. The molecule has 0 amide bonds. The van der Waals surface area contributed by atoms with Gasteiger partial charge in [-0.15, -0.1) is 0 Å². The van der Waals surface area contributed by atoms with Crippen LogP contribution in [0.15, 0.2) is 66.7 Å². The molecule has 0 fully saturated rings. The lowest BCUT2D eigenvalue weighted by atomic mass is 10.1. The first-order valence-electron chi connectivity index (χ1n) is 8.54. The highest BCUT2D eigenvalue weighted by Crippen LogP contribution is 2.17. The summed E-state index contributed by atoms with van der Waals surface area (Å²) < 4.78 is 19.2. The van der Waals surface area contributed by atoms with Crippen molar-refractivity contribution in [2.24, 2.45) is 0 Å². The average molecular weight is 349 g/mol. The molecule has 4 heteroatoms. The van der Waals surface area contributed by atoms with Crippen molar-refractivity contribution in [1.82, 2.24) is 4.98 Å². The molecule has 0 aliphatic rings.